The van der Waals surface area contributed by atoms with Crippen LogP contribution in [0.3, 0.4) is 0 Å². The molecule has 18 heavy (non-hydrogen) atoms. The van der Waals surface area contributed by atoms with E-state index in [9.17, 15) is 5.11 Å². The van der Waals surface area contributed by atoms with Crippen molar-refractivity contribution in [3.8, 4) is 11.5 Å². The Labute approximate surface area is 108 Å². The highest BCUT2D eigenvalue weighted by atomic mass is 16.5. The molecule has 1 rings (SSSR count). The van der Waals surface area contributed by atoms with Gasteiger partial charge in [-0.05, 0) is 30.9 Å². The zero-order valence-electron chi connectivity index (χ0n) is 11.0. The average molecular weight is 254 g/mol. The van der Waals surface area contributed by atoms with Crippen LogP contribution in [0.25, 0.3) is 0 Å². The first kappa shape index (κ1) is 14.8. The second kappa shape index (κ2) is 7.24. The van der Waals surface area contributed by atoms with E-state index in [1.807, 2.05) is 12.1 Å². The number of phenols is 1. The first-order chi connectivity index (χ1) is 8.60. The molecular formula is C14H22O4. The first-order valence-corrected chi connectivity index (χ1v) is 6.34. The van der Waals surface area contributed by atoms with Crippen LogP contribution in [0.4, 0.5) is 0 Å². The molecule has 0 saturated heterocycles. The van der Waals surface area contributed by atoms with Gasteiger partial charge in [-0.1, -0.05) is 19.4 Å². The predicted molar refractivity (Wildman–Crippen MR) is 69.8 cm³/mol. The third-order valence-electron chi connectivity index (χ3n) is 3.00. The molecule has 0 atom stereocenters. The van der Waals surface area contributed by atoms with Crippen LogP contribution in [-0.2, 0) is 12.8 Å². The fourth-order valence-corrected chi connectivity index (χ4v) is 1.94. The molecular weight excluding hydrogens is 232 g/mol. The molecule has 0 aliphatic carbocycles. The summed E-state index contributed by atoms with van der Waals surface area (Å²) in [6, 6.07) is 3.69. The minimum atomic E-state index is -1.37. The van der Waals surface area contributed by atoms with Crippen molar-refractivity contribution in [1.82, 2.24) is 0 Å². The van der Waals surface area contributed by atoms with Crippen LogP contribution in [0.2, 0.25) is 0 Å². The minimum absolute atomic E-state index is 0.182. The van der Waals surface area contributed by atoms with Gasteiger partial charge in [-0.15, -0.1) is 0 Å². The zero-order chi connectivity index (χ0) is 13.5. The van der Waals surface area contributed by atoms with Crippen LogP contribution in [0.5, 0.6) is 11.5 Å². The van der Waals surface area contributed by atoms with Gasteiger partial charge in [-0.25, -0.2) is 0 Å². The Balaban J connectivity index is 2.94. The summed E-state index contributed by atoms with van der Waals surface area (Å²) in [5, 5.41) is 28.0. The van der Waals surface area contributed by atoms with Gasteiger partial charge in [0.15, 0.2) is 6.29 Å². The maximum absolute atomic E-state index is 10.2. The highest BCUT2D eigenvalue weighted by Crippen LogP contribution is 2.33. The van der Waals surface area contributed by atoms with Crippen LogP contribution in [-0.4, -0.2) is 28.7 Å². The second-order valence-electron chi connectivity index (χ2n) is 4.38. The first-order valence-electron chi connectivity index (χ1n) is 6.34. The number of aromatic hydroxyl groups is 1. The Bertz CT molecular complexity index is 374. The lowest BCUT2D eigenvalue weighted by Crippen LogP contribution is -2.07. The number of hydrogen-bond acceptors (Lipinski definition) is 4. The van der Waals surface area contributed by atoms with Gasteiger partial charge >= 0.3 is 0 Å². The van der Waals surface area contributed by atoms with Crippen molar-refractivity contribution in [3.63, 3.8) is 0 Å². The van der Waals surface area contributed by atoms with E-state index in [0.717, 1.165) is 24.8 Å². The summed E-state index contributed by atoms with van der Waals surface area (Å²) in [5.74, 6) is 0.817. The normalized spacial score (nSPS) is 10.9. The summed E-state index contributed by atoms with van der Waals surface area (Å²) < 4.78 is 5.19. The lowest BCUT2D eigenvalue weighted by molar-refractivity contribution is -0.0448. The Morgan fingerprint density at radius 3 is 2.50 bits per heavy atom. The molecule has 0 amide bonds. The van der Waals surface area contributed by atoms with Gasteiger partial charge in [-0.3, -0.25) is 0 Å². The zero-order valence-corrected chi connectivity index (χ0v) is 11.0. The van der Waals surface area contributed by atoms with Gasteiger partial charge in [0.2, 0.25) is 0 Å². The van der Waals surface area contributed by atoms with E-state index in [1.54, 1.807) is 7.11 Å². The summed E-state index contributed by atoms with van der Waals surface area (Å²) in [6.45, 7) is 2.10. The smallest absolute Gasteiger partial charge is 0.151 e. The third kappa shape index (κ3) is 3.89. The maximum atomic E-state index is 10.2. The SMILES string of the molecule is CCCCc1ccc(OC)c(CCC(O)O)c1O. The molecule has 0 unspecified atom stereocenters. The number of aliphatic hydroxyl groups is 2. The van der Waals surface area contributed by atoms with Gasteiger partial charge in [0, 0.05) is 12.0 Å². The Morgan fingerprint density at radius 1 is 1.22 bits per heavy atom. The van der Waals surface area contributed by atoms with E-state index >= 15 is 0 Å². The minimum Gasteiger partial charge on any atom is -0.507 e. The molecule has 4 nitrogen and oxygen atoms in total. The number of ether oxygens (including phenoxy) is 1. The fourth-order valence-electron chi connectivity index (χ4n) is 1.94. The molecule has 0 aromatic heterocycles. The summed E-state index contributed by atoms with van der Waals surface area (Å²) >= 11 is 0. The molecule has 0 bridgehead atoms. The van der Waals surface area contributed by atoms with Gasteiger partial charge in [-0.2, -0.15) is 0 Å². The number of phenolic OH excluding ortho intramolecular Hbond substituents is 1. The Kier molecular flexibility index (Phi) is 5.95. The molecule has 0 aliphatic rings. The van der Waals surface area contributed by atoms with E-state index in [2.05, 4.69) is 6.92 Å². The molecule has 0 aliphatic heterocycles. The van der Waals surface area contributed by atoms with Crippen molar-refractivity contribution in [2.24, 2.45) is 0 Å². The van der Waals surface area contributed by atoms with Gasteiger partial charge in [0.1, 0.15) is 11.5 Å². The summed E-state index contributed by atoms with van der Waals surface area (Å²) in [6.07, 6.45) is 2.10. The topological polar surface area (TPSA) is 69.9 Å². The molecule has 0 spiro atoms. The van der Waals surface area contributed by atoms with E-state index < -0.39 is 6.29 Å². The molecule has 1 aromatic rings. The van der Waals surface area contributed by atoms with Gasteiger partial charge in [0.25, 0.3) is 0 Å². The molecule has 0 saturated carbocycles. The highest BCUT2D eigenvalue weighted by molar-refractivity contribution is 5.49. The van der Waals surface area contributed by atoms with Gasteiger partial charge < -0.3 is 20.1 Å². The number of benzene rings is 1. The number of aryl methyl sites for hydroxylation is 1. The van der Waals surface area contributed by atoms with Crippen LogP contribution >= 0.6 is 0 Å². The Hall–Kier alpha value is -1.26. The summed E-state index contributed by atoms with van der Waals surface area (Å²) in [5.41, 5.74) is 1.54. The van der Waals surface area contributed by atoms with Crippen molar-refractivity contribution in [3.05, 3.63) is 23.3 Å². The van der Waals surface area contributed by atoms with Crippen LogP contribution in [0, 0.1) is 0 Å². The highest BCUT2D eigenvalue weighted by Gasteiger charge is 2.14. The molecule has 1 aromatic carbocycles. The lowest BCUT2D eigenvalue weighted by Gasteiger charge is -2.14. The summed E-state index contributed by atoms with van der Waals surface area (Å²) in [4.78, 5) is 0. The number of unbranched alkanes of at least 4 members (excludes halogenated alkanes) is 1. The molecule has 102 valence electrons. The quantitative estimate of drug-likeness (QED) is 0.651. The van der Waals surface area contributed by atoms with Crippen molar-refractivity contribution in [2.75, 3.05) is 7.11 Å². The standard InChI is InChI=1S/C14H22O4/c1-3-4-5-10-6-8-12(18-2)11(14(10)17)7-9-13(15)16/h6,8,13,15-17H,3-5,7,9H2,1-2H3. The van der Waals surface area contributed by atoms with Crippen molar-refractivity contribution < 1.29 is 20.1 Å². The van der Waals surface area contributed by atoms with E-state index in [-0.39, 0.29) is 12.2 Å². The molecule has 3 N–H and O–H groups in total. The predicted octanol–water partition coefficient (Wildman–Crippen LogP) is 1.99. The van der Waals surface area contributed by atoms with Crippen molar-refractivity contribution >= 4 is 0 Å². The number of aliphatic hydroxyl groups excluding tert-OH is 1. The van der Waals surface area contributed by atoms with E-state index in [4.69, 9.17) is 14.9 Å². The lowest BCUT2D eigenvalue weighted by atomic mass is 9.99. The molecule has 0 radical (unpaired) electrons. The van der Waals surface area contributed by atoms with Crippen LogP contribution < -0.4 is 4.74 Å². The van der Waals surface area contributed by atoms with Crippen LogP contribution in [0.1, 0.15) is 37.3 Å². The van der Waals surface area contributed by atoms with Gasteiger partial charge in [0.05, 0.1) is 7.11 Å². The summed E-state index contributed by atoms with van der Waals surface area (Å²) in [7, 11) is 1.54. The monoisotopic (exact) mass is 254 g/mol. The maximum Gasteiger partial charge on any atom is 0.151 e. The average Bonchev–Trinajstić information content (AvgIpc) is 2.35. The van der Waals surface area contributed by atoms with E-state index in [1.165, 1.54) is 0 Å². The third-order valence-corrected chi connectivity index (χ3v) is 3.00. The van der Waals surface area contributed by atoms with Crippen molar-refractivity contribution in [1.29, 1.82) is 0 Å². The number of methoxy groups -OCH3 is 1. The fraction of sp³-hybridized carbons (Fsp3) is 0.571. The number of hydrogen-bond donors (Lipinski definition) is 3. The van der Waals surface area contributed by atoms with Crippen LogP contribution in [0.15, 0.2) is 12.1 Å². The molecule has 0 fully saturated rings. The largest absolute Gasteiger partial charge is 0.507 e. The molecule has 4 heteroatoms. The van der Waals surface area contributed by atoms with Crippen molar-refractivity contribution in [2.45, 2.75) is 45.3 Å². The Morgan fingerprint density at radius 2 is 1.94 bits per heavy atom. The van der Waals surface area contributed by atoms with E-state index in [0.29, 0.717) is 17.7 Å². The second-order valence-corrected chi connectivity index (χ2v) is 4.38. The molecule has 0 heterocycles. The number of rotatable bonds is 7.